The van der Waals surface area contributed by atoms with Gasteiger partial charge in [-0.15, -0.1) is 0 Å². The van der Waals surface area contributed by atoms with Crippen LogP contribution in [0.25, 0.3) is 33.1 Å². The lowest BCUT2D eigenvalue weighted by atomic mass is 9.88. The van der Waals surface area contributed by atoms with E-state index >= 15 is 0 Å². The molecule has 0 spiro atoms. The summed E-state index contributed by atoms with van der Waals surface area (Å²) in [5.74, 6) is -5.44. The average molecular weight is 1690 g/mol. The monoisotopic (exact) mass is 1690 g/mol. The molecular formula is C87H87F6N19O11. The van der Waals surface area contributed by atoms with E-state index in [1.807, 2.05) is 50.3 Å². The Labute approximate surface area is 700 Å². The van der Waals surface area contributed by atoms with Crippen LogP contribution in [-0.4, -0.2) is 153 Å². The van der Waals surface area contributed by atoms with E-state index in [2.05, 4.69) is 104 Å². The van der Waals surface area contributed by atoms with Gasteiger partial charge >= 0.3 is 0 Å². The molecule has 638 valence electrons. The van der Waals surface area contributed by atoms with Crippen molar-refractivity contribution in [3.8, 4) is 46.0 Å². The summed E-state index contributed by atoms with van der Waals surface area (Å²) in [5, 5.41) is 22.7. The van der Waals surface area contributed by atoms with E-state index in [1.165, 1.54) is 89.9 Å². The Morgan fingerprint density at radius 1 is 0.455 bits per heavy atom. The van der Waals surface area contributed by atoms with E-state index in [9.17, 15) is 55.1 Å². The van der Waals surface area contributed by atoms with Gasteiger partial charge in [0.15, 0.2) is 51.9 Å². The van der Waals surface area contributed by atoms with Crippen molar-refractivity contribution in [3.63, 3.8) is 0 Å². The molecule has 0 radical (unpaired) electrons. The fraction of sp³-hybridized carbons (Fsp3) is 0.241. The number of likely N-dealkylation sites (tertiary alicyclic amines) is 1. The van der Waals surface area contributed by atoms with Gasteiger partial charge in [0, 0.05) is 111 Å². The topological polar surface area (TPSA) is 335 Å². The minimum Gasteiger partial charge on any atom is -0.495 e. The fourth-order valence-electron chi connectivity index (χ4n) is 13.6. The highest BCUT2D eigenvalue weighted by Gasteiger charge is 2.28. The second kappa shape index (κ2) is 39.1. The summed E-state index contributed by atoms with van der Waals surface area (Å²) in [4.78, 5) is 108. The van der Waals surface area contributed by atoms with Crippen molar-refractivity contribution in [2.45, 2.75) is 37.5 Å². The third kappa shape index (κ3) is 21.2. The number of likely N-dealkylation sites (N-methyl/N-ethyl adjacent to an activating group) is 2. The summed E-state index contributed by atoms with van der Waals surface area (Å²) in [5.41, 5.74) is 5.29. The maximum atomic E-state index is 14.1. The number of rotatable bonds is 26. The van der Waals surface area contributed by atoms with Gasteiger partial charge in [0.25, 0.3) is 16.7 Å². The van der Waals surface area contributed by atoms with E-state index in [1.54, 1.807) is 32.4 Å². The highest BCUT2D eigenvalue weighted by Crippen LogP contribution is 2.43. The number of piperidine rings is 2. The molecule has 0 aliphatic carbocycles. The van der Waals surface area contributed by atoms with Crippen LogP contribution in [-0.2, 0) is 35.5 Å². The number of carbonyl (C=O) groups excluding carboxylic acids is 3. The Morgan fingerprint density at radius 2 is 0.829 bits per heavy atom. The Balaban J connectivity index is 0.000000169. The zero-order valence-corrected chi connectivity index (χ0v) is 68.4. The first-order valence-electron chi connectivity index (χ1n) is 38.4. The van der Waals surface area contributed by atoms with Gasteiger partial charge in [-0.3, -0.25) is 42.5 Å². The van der Waals surface area contributed by atoms with Crippen LogP contribution in [0.2, 0.25) is 0 Å². The Kier molecular flexibility index (Phi) is 27.9. The second-order valence-corrected chi connectivity index (χ2v) is 28.9. The molecule has 14 rings (SSSR count). The molecule has 30 nitrogen and oxygen atoms in total. The van der Waals surface area contributed by atoms with Crippen LogP contribution in [0.3, 0.4) is 0 Å². The number of methoxy groups -OCH3 is 2. The largest absolute Gasteiger partial charge is 0.495 e. The summed E-state index contributed by atoms with van der Waals surface area (Å²) < 4.78 is 113. The molecule has 6 aromatic heterocycles. The van der Waals surface area contributed by atoms with Crippen molar-refractivity contribution < 1.29 is 64.4 Å². The van der Waals surface area contributed by atoms with Crippen molar-refractivity contribution in [3.05, 3.63) is 249 Å². The molecule has 0 saturated carbocycles. The van der Waals surface area contributed by atoms with Crippen molar-refractivity contribution in [2.24, 2.45) is 21.1 Å². The second-order valence-electron chi connectivity index (χ2n) is 28.9. The van der Waals surface area contributed by atoms with E-state index in [-0.39, 0.29) is 93.2 Å². The lowest BCUT2D eigenvalue weighted by molar-refractivity contribution is -0.112. The molecule has 3 amide bonds. The number of anilines is 10. The predicted octanol–water partition coefficient (Wildman–Crippen LogP) is 14.1. The minimum atomic E-state index is -0.938. The average Bonchev–Trinajstić information content (AvgIpc) is 0.782. The number of amides is 3. The number of aryl methyl sites for hydroxylation is 3. The zero-order valence-electron chi connectivity index (χ0n) is 68.4. The van der Waals surface area contributed by atoms with Crippen LogP contribution < -0.4 is 82.5 Å². The summed E-state index contributed by atoms with van der Waals surface area (Å²) in [7, 11) is 15.6. The van der Waals surface area contributed by atoms with Crippen LogP contribution in [0.5, 0.6) is 46.0 Å². The third-order valence-electron chi connectivity index (χ3n) is 20.1. The summed E-state index contributed by atoms with van der Waals surface area (Å²) in [6, 6.07) is 25.4. The molecule has 12 aromatic rings. The lowest BCUT2D eigenvalue weighted by Gasteiger charge is -2.31. The van der Waals surface area contributed by atoms with Crippen LogP contribution in [0.1, 0.15) is 48.6 Å². The molecular weight excluding hydrogens is 1600 g/mol. The first-order chi connectivity index (χ1) is 59.0. The maximum absolute atomic E-state index is 14.1. The predicted molar refractivity (Wildman–Crippen MR) is 459 cm³/mol. The normalized spacial score (nSPS) is 12.9. The molecule has 36 heteroatoms. The highest BCUT2D eigenvalue weighted by atomic mass is 19.2. The van der Waals surface area contributed by atoms with Crippen LogP contribution >= 0.6 is 0 Å². The zero-order chi connectivity index (χ0) is 88.0. The number of hydrogen-bond donors (Lipinski definition) is 7. The van der Waals surface area contributed by atoms with Gasteiger partial charge in [0.05, 0.1) is 37.0 Å². The number of halogens is 6. The van der Waals surface area contributed by atoms with Gasteiger partial charge in [-0.25, -0.2) is 41.3 Å². The van der Waals surface area contributed by atoms with E-state index < -0.39 is 51.6 Å². The van der Waals surface area contributed by atoms with Crippen molar-refractivity contribution in [1.29, 1.82) is 0 Å². The Hall–Kier alpha value is -14.5. The fourth-order valence-corrected chi connectivity index (χ4v) is 13.6. The molecule has 6 aromatic carbocycles. The van der Waals surface area contributed by atoms with E-state index in [0.29, 0.717) is 85.6 Å². The molecule has 0 atom stereocenters. The van der Waals surface area contributed by atoms with E-state index in [4.69, 9.17) is 23.7 Å². The summed E-state index contributed by atoms with van der Waals surface area (Å²) in [6.45, 7) is 15.8. The van der Waals surface area contributed by atoms with Crippen LogP contribution in [0.4, 0.5) is 84.0 Å². The number of benzene rings is 6. The van der Waals surface area contributed by atoms with Gasteiger partial charge in [-0.2, -0.15) is 15.0 Å². The smallest absolute Gasteiger partial charge is 0.294 e. The molecule has 0 bridgehead atoms. The van der Waals surface area contributed by atoms with Crippen LogP contribution in [0, 0.1) is 34.9 Å². The number of nitrogens with zero attached hydrogens (tertiary/aromatic N) is 12. The minimum absolute atomic E-state index is 0.165. The van der Waals surface area contributed by atoms with E-state index in [0.717, 1.165) is 118 Å². The van der Waals surface area contributed by atoms with Gasteiger partial charge < -0.3 is 75.6 Å². The molecule has 123 heavy (non-hydrogen) atoms. The molecule has 2 aliphatic rings. The van der Waals surface area contributed by atoms with Crippen molar-refractivity contribution in [2.75, 3.05) is 118 Å². The summed E-state index contributed by atoms with van der Waals surface area (Å²) >= 11 is 0. The number of nitrogens with one attached hydrogen (secondary N) is 7. The molecule has 2 fully saturated rings. The molecule has 2 saturated heterocycles. The molecule has 0 unspecified atom stereocenters. The van der Waals surface area contributed by atoms with Gasteiger partial charge in [-0.1, -0.05) is 19.7 Å². The highest BCUT2D eigenvalue weighted by molar-refractivity contribution is 6.03. The number of aromatic nitrogens is 9. The Bertz CT molecular complexity index is 6260. The quantitative estimate of drug-likeness (QED) is 0.0196. The number of ether oxygens (including phenoxy) is 5. The molecule has 7 N–H and O–H groups in total. The van der Waals surface area contributed by atoms with Gasteiger partial charge in [-0.05, 0) is 211 Å². The molecule has 2 aliphatic heterocycles. The first kappa shape index (κ1) is 87.8. The number of hydrogen-bond acceptors (Lipinski definition) is 24. The van der Waals surface area contributed by atoms with Crippen molar-refractivity contribution >= 4 is 108 Å². The standard InChI is InChI=1S/C30H30F2N6O4.C29H28F2N6O4.C28H29F2N7O3/c1-5-27(39)34-22-15-23(25(41-4)14-20(22)17-8-10-37(2)11-9-17)35-30-33-16-18-12-26(29(40)38(3)28(18)36-30)42-24-7-6-19(31)13-21(24)32;1-4-26(38)34-21-14-22(24(40-3)13-19(21)16-7-9-32-10-8-16)35-29-33-15-17-11-25(28(39)37(2)27(17)36-29)41-23-6-5-18(30)12-20(23)31;1-6-25(38)33-21-15-19(8-9-22(21)36(4)12-11-35(2)3)32-28-31-16-17-13-24(27(39)37(5)26(17)34-28)40-23-10-7-18(29)14-20(23)30/h5-7,12-17H,1,8-11H2,2-4H3,(H,34,39)(H,33,35,36);4-6,11-16,32H,1,7-10H2,2-3H3,(H,34,38)(H,33,35,36);6-10,13-16H,1,11-12H2,2-5H3,(H,33,38)(H,31,32,34). The number of fused-ring (bicyclic) bond motifs is 3. The first-order valence-corrected chi connectivity index (χ1v) is 38.4. The number of pyridine rings is 3. The van der Waals surface area contributed by atoms with Crippen LogP contribution in [0.15, 0.2) is 186 Å². The third-order valence-corrected chi connectivity index (χ3v) is 20.1. The Morgan fingerprint density at radius 3 is 1.20 bits per heavy atom. The van der Waals surface area contributed by atoms with Gasteiger partial charge in [0.1, 0.15) is 45.9 Å². The molecule has 8 heterocycles. The number of carbonyl (C=O) groups is 3. The van der Waals surface area contributed by atoms with Gasteiger partial charge in [0.2, 0.25) is 35.6 Å². The lowest BCUT2D eigenvalue weighted by Crippen LogP contribution is -2.29. The van der Waals surface area contributed by atoms with Crippen molar-refractivity contribution in [1.82, 2.24) is 58.7 Å². The SMILES string of the molecule is C=CC(=O)Nc1cc(Nc2ncc3cc(Oc4ccc(F)cc4F)c(=O)n(C)c3n2)c(OC)cc1C1CCN(C)CC1.C=CC(=O)Nc1cc(Nc2ncc3cc(Oc4ccc(F)cc4F)c(=O)n(C)c3n2)c(OC)cc1C1CCNCC1.C=CC(=O)Nc1cc(Nc2ncc3cc(Oc4ccc(F)cc4F)c(=O)n(C)c3n2)ccc1N(C)CCN(C)C. The summed E-state index contributed by atoms with van der Waals surface area (Å²) in [6.07, 6.45) is 11.8. The maximum Gasteiger partial charge on any atom is 0.294 e.